The fourth-order valence-electron chi connectivity index (χ4n) is 1.63. The van der Waals surface area contributed by atoms with Crippen LogP contribution in [0.5, 0.6) is 0 Å². The van der Waals surface area contributed by atoms with E-state index in [1.807, 2.05) is 0 Å². The van der Waals surface area contributed by atoms with Gasteiger partial charge in [-0.05, 0) is 30.3 Å². The van der Waals surface area contributed by atoms with Crippen molar-refractivity contribution < 1.29 is 4.39 Å². The van der Waals surface area contributed by atoms with Crippen molar-refractivity contribution in [2.75, 3.05) is 12.3 Å². The molecule has 2 unspecified atom stereocenters. The Hall–Kier alpha value is -0.250. The van der Waals surface area contributed by atoms with Gasteiger partial charge in [0.25, 0.3) is 0 Å². The van der Waals surface area contributed by atoms with Crippen molar-refractivity contribution in [2.45, 2.75) is 12.3 Å². The van der Waals surface area contributed by atoms with E-state index < -0.39 is 0 Å². The van der Waals surface area contributed by atoms with Crippen molar-refractivity contribution in [3.05, 3.63) is 34.6 Å². The lowest BCUT2D eigenvalue weighted by atomic mass is 10.1. The van der Waals surface area contributed by atoms with E-state index in [1.54, 1.807) is 23.9 Å². The lowest BCUT2D eigenvalue weighted by Crippen LogP contribution is -2.31. The predicted molar refractivity (Wildman–Crippen MR) is 63.8 cm³/mol. The second-order valence-electron chi connectivity index (χ2n) is 3.86. The zero-order valence-corrected chi connectivity index (χ0v) is 10.0. The highest BCUT2D eigenvalue weighted by molar-refractivity contribution is 7.99. The van der Waals surface area contributed by atoms with Crippen molar-refractivity contribution in [2.24, 2.45) is 5.92 Å². The maximum atomic E-state index is 13.6. The zero-order chi connectivity index (χ0) is 10.8. The number of nitrogens with one attached hydrogen (secondary N) is 1. The van der Waals surface area contributed by atoms with E-state index in [4.69, 9.17) is 11.6 Å². The molecule has 4 heteroatoms. The third-order valence-electron chi connectivity index (χ3n) is 2.46. The van der Waals surface area contributed by atoms with Gasteiger partial charge < -0.3 is 5.32 Å². The van der Waals surface area contributed by atoms with Crippen LogP contribution >= 0.6 is 23.4 Å². The fourth-order valence-corrected chi connectivity index (χ4v) is 3.23. The first-order valence-corrected chi connectivity index (χ1v) is 6.40. The third kappa shape index (κ3) is 2.47. The summed E-state index contributed by atoms with van der Waals surface area (Å²) in [6, 6.07) is 4.83. The van der Waals surface area contributed by atoms with Crippen molar-refractivity contribution in [3.63, 3.8) is 0 Å². The Morgan fingerprint density at radius 3 is 2.93 bits per heavy atom. The molecule has 2 atom stereocenters. The highest BCUT2D eigenvalue weighted by Gasteiger charge is 2.23. The molecule has 1 fully saturated rings. The van der Waals surface area contributed by atoms with Gasteiger partial charge in [0.1, 0.15) is 5.82 Å². The molecule has 0 aliphatic carbocycles. The monoisotopic (exact) mass is 245 g/mol. The summed E-state index contributed by atoms with van der Waals surface area (Å²) >= 11 is 7.72. The molecule has 0 spiro atoms. The Balaban J connectivity index is 2.22. The molecule has 0 amide bonds. The smallest absolute Gasteiger partial charge is 0.130 e. The minimum atomic E-state index is -0.220. The molecule has 0 radical (unpaired) electrons. The molecule has 2 rings (SSSR count). The fraction of sp³-hybridized carbons (Fsp3) is 0.455. The van der Waals surface area contributed by atoms with E-state index in [0.29, 0.717) is 16.5 Å². The van der Waals surface area contributed by atoms with E-state index >= 15 is 0 Å². The number of hydrogen-bond donors (Lipinski definition) is 1. The van der Waals surface area contributed by atoms with Crippen molar-refractivity contribution in [1.82, 2.24) is 5.32 Å². The molecule has 1 aliphatic heterocycles. The van der Waals surface area contributed by atoms with E-state index in [2.05, 4.69) is 12.2 Å². The number of benzene rings is 1. The van der Waals surface area contributed by atoms with Gasteiger partial charge in [0.2, 0.25) is 0 Å². The maximum Gasteiger partial charge on any atom is 0.130 e. The maximum absolute atomic E-state index is 13.6. The van der Waals surface area contributed by atoms with Crippen LogP contribution in [0.1, 0.15) is 17.9 Å². The molecule has 1 nitrogen and oxygen atoms in total. The number of halogens is 2. The normalized spacial score (nSPS) is 26.6. The van der Waals surface area contributed by atoms with Gasteiger partial charge in [0.15, 0.2) is 0 Å². The van der Waals surface area contributed by atoms with Gasteiger partial charge >= 0.3 is 0 Å². The van der Waals surface area contributed by atoms with Crippen LogP contribution in [0.2, 0.25) is 5.02 Å². The van der Waals surface area contributed by atoms with Crippen LogP contribution in [-0.4, -0.2) is 12.3 Å². The van der Waals surface area contributed by atoms with Gasteiger partial charge in [-0.25, -0.2) is 4.39 Å². The Labute approximate surface area is 98.4 Å². The quantitative estimate of drug-likeness (QED) is 0.813. The molecule has 1 saturated heterocycles. The Bertz CT molecular complexity index is 330. The molecule has 15 heavy (non-hydrogen) atoms. The van der Waals surface area contributed by atoms with Gasteiger partial charge in [-0.1, -0.05) is 24.6 Å². The first kappa shape index (κ1) is 11.2. The molecule has 82 valence electrons. The van der Waals surface area contributed by atoms with Crippen LogP contribution in [0.3, 0.4) is 0 Å². The van der Waals surface area contributed by atoms with Gasteiger partial charge in [0, 0.05) is 10.6 Å². The largest absolute Gasteiger partial charge is 0.301 e. The molecule has 1 aliphatic rings. The van der Waals surface area contributed by atoms with E-state index in [1.165, 1.54) is 6.07 Å². The van der Waals surface area contributed by atoms with Gasteiger partial charge in [-0.15, -0.1) is 11.8 Å². The summed E-state index contributed by atoms with van der Waals surface area (Å²) in [4.78, 5) is 0. The first-order chi connectivity index (χ1) is 7.18. The molecular weight excluding hydrogens is 233 g/mol. The minimum Gasteiger partial charge on any atom is -0.301 e. The molecule has 0 bridgehead atoms. The van der Waals surface area contributed by atoms with Crippen LogP contribution in [0.25, 0.3) is 0 Å². The minimum absolute atomic E-state index is 0.00472. The number of hydrogen-bond acceptors (Lipinski definition) is 2. The first-order valence-electron chi connectivity index (χ1n) is 4.97. The standard InChI is InChI=1S/C11H13ClFNS/c1-7-5-14-11(15-6-7)10-8(12)3-2-4-9(10)13/h2-4,7,11,14H,5-6H2,1H3. The lowest BCUT2D eigenvalue weighted by Gasteiger charge is -2.28. The average Bonchev–Trinajstić information content (AvgIpc) is 2.20. The SMILES string of the molecule is CC1CNC(c2c(F)cccc2Cl)SC1. The van der Waals surface area contributed by atoms with Crippen molar-refractivity contribution >= 4 is 23.4 Å². The highest BCUT2D eigenvalue weighted by atomic mass is 35.5. The molecule has 0 saturated carbocycles. The van der Waals surface area contributed by atoms with Crippen LogP contribution in [-0.2, 0) is 0 Å². The summed E-state index contributed by atoms with van der Waals surface area (Å²) in [7, 11) is 0. The van der Waals surface area contributed by atoms with Gasteiger partial charge in [-0.3, -0.25) is 0 Å². The number of rotatable bonds is 1. The summed E-state index contributed by atoms with van der Waals surface area (Å²) in [5, 5.41) is 3.81. The second kappa shape index (κ2) is 4.73. The summed E-state index contributed by atoms with van der Waals surface area (Å²) < 4.78 is 13.6. The summed E-state index contributed by atoms with van der Waals surface area (Å²) in [6.45, 7) is 3.10. The molecule has 1 N–H and O–H groups in total. The van der Waals surface area contributed by atoms with Crippen LogP contribution in [0, 0.1) is 11.7 Å². The summed E-state index contributed by atoms with van der Waals surface area (Å²) in [5.41, 5.74) is 0.594. The Kier molecular flexibility index (Phi) is 3.54. The predicted octanol–water partition coefficient (Wildman–Crippen LogP) is 3.45. The van der Waals surface area contributed by atoms with Gasteiger partial charge in [-0.2, -0.15) is 0 Å². The van der Waals surface area contributed by atoms with Crippen LogP contribution in [0.15, 0.2) is 18.2 Å². The molecule has 1 heterocycles. The number of thioether (sulfide) groups is 1. The molecule has 1 aromatic carbocycles. The van der Waals surface area contributed by atoms with Crippen LogP contribution < -0.4 is 5.32 Å². The van der Waals surface area contributed by atoms with E-state index in [-0.39, 0.29) is 11.2 Å². The Morgan fingerprint density at radius 1 is 1.53 bits per heavy atom. The van der Waals surface area contributed by atoms with Crippen molar-refractivity contribution in [3.8, 4) is 0 Å². The molecule has 0 aromatic heterocycles. The zero-order valence-electron chi connectivity index (χ0n) is 8.47. The summed E-state index contributed by atoms with van der Waals surface area (Å²) in [5.74, 6) is 1.46. The lowest BCUT2D eigenvalue weighted by molar-refractivity contribution is 0.513. The molecular formula is C11H13ClFNS. The van der Waals surface area contributed by atoms with E-state index in [9.17, 15) is 4.39 Å². The van der Waals surface area contributed by atoms with Crippen LogP contribution in [0.4, 0.5) is 4.39 Å². The summed E-state index contributed by atoms with van der Waals surface area (Å²) in [6.07, 6.45) is 0. The average molecular weight is 246 g/mol. The van der Waals surface area contributed by atoms with Crippen molar-refractivity contribution in [1.29, 1.82) is 0 Å². The second-order valence-corrected chi connectivity index (χ2v) is 5.41. The third-order valence-corrected chi connectivity index (χ3v) is 4.29. The van der Waals surface area contributed by atoms with E-state index in [0.717, 1.165) is 12.3 Å². The van der Waals surface area contributed by atoms with Gasteiger partial charge in [0.05, 0.1) is 5.37 Å². The Morgan fingerprint density at radius 2 is 2.33 bits per heavy atom. The topological polar surface area (TPSA) is 12.0 Å². The highest BCUT2D eigenvalue weighted by Crippen LogP contribution is 2.36. The molecule has 1 aromatic rings.